The van der Waals surface area contributed by atoms with Crippen molar-refractivity contribution in [2.75, 3.05) is 13.7 Å². The lowest BCUT2D eigenvalue weighted by Crippen LogP contribution is -2.25. The van der Waals surface area contributed by atoms with Crippen LogP contribution in [0.15, 0.2) is 65.7 Å². The van der Waals surface area contributed by atoms with Gasteiger partial charge in [-0.25, -0.2) is 8.78 Å². The highest BCUT2D eigenvalue weighted by Crippen LogP contribution is 2.26. The fourth-order valence-electron chi connectivity index (χ4n) is 3.63. The summed E-state index contributed by atoms with van der Waals surface area (Å²) in [5.41, 5.74) is 0.116. The Morgan fingerprint density at radius 2 is 2.00 bits per heavy atom. The molecule has 0 aliphatic heterocycles. The SMILES string of the molecule is COCCn1cc(C(=O)c2cc(F)ccc2OCc2ccc(F)c3cccnc23)cc(C#N)c1=O. The van der Waals surface area contributed by atoms with E-state index < -0.39 is 23.0 Å². The van der Waals surface area contributed by atoms with E-state index in [0.29, 0.717) is 16.5 Å². The Labute approximate surface area is 198 Å². The second-order valence-corrected chi connectivity index (χ2v) is 7.61. The average Bonchev–Trinajstić information content (AvgIpc) is 2.88. The molecular weight excluding hydrogens is 456 g/mol. The number of benzene rings is 2. The molecule has 7 nitrogen and oxygen atoms in total. The first-order valence-corrected chi connectivity index (χ1v) is 10.6. The summed E-state index contributed by atoms with van der Waals surface area (Å²) in [4.78, 5) is 29.9. The van der Waals surface area contributed by atoms with Gasteiger partial charge in [-0.1, -0.05) is 6.07 Å². The van der Waals surface area contributed by atoms with Crippen LogP contribution in [-0.2, 0) is 17.9 Å². The van der Waals surface area contributed by atoms with Crippen molar-refractivity contribution in [2.24, 2.45) is 0 Å². The Kier molecular flexibility index (Phi) is 6.94. The second kappa shape index (κ2) is 10.2. The standard InChI is InChI=1S/C26H19F2N3O4/c1-34-10-9-31-14-18(11-17(13-29)26(31)33)25(32)21-12-19(27)5-7-23(21)35-15-16-4-6-22(28)20-3-2-8-30-24(16)20/h2-8,11-12,14H,9-10,15H2,1H3. The summed E-state index contributed by atoms with van der Waals surface area (Å²) in [6.07, 6.45) is 2.83. The van der Waals surface area contributed by atoms with E-state index in [1.165, 1.54) is 48.3 Å². The number of ketones is 1. The molecule has 35 heavy (non-hydrogen) atoms. The summed E-state index contributed by atoms with van der Waals surface area (Å²) in [7, 11) is 1.46. The molecule has 0 atom stereocenters. The number of carbonyl (C=O) groups is 1. The van der Waals surface area contributed by atoms with Gasteiger partial charge in [0.1, 0.15) is 35.6 Å². The normalized spacial score (nSPS) is 10.8. The largest absolute Gasteiger partial charge is 0.488 e. The third kappa shape index (κ3) is 4.93. The van der Waals surface area contributed by atoms with E-state index in [1.54, 1.807) is 18.2 Å². The number of hydrogen-bond acceptors (Lipinski definition) is 6. The van der Waals surface area contributed by atoms with Crippen LogP contribution in [0.4, 0.5) is 8.78 Å². The van der Waals surface area contributed by atoms with Crippen LogP contribution in [0.2, 0.25) is 0 Å². The van der Waals surface area contributed by atoms with Gasteiger partial charge < -0.3 is 14.0 Å². The smallest absolute Gasteiger partial charge is 0.268 e. The predicted octanol–water partition coefficient (Wildman–Crippen LogP) is 4.00. The first-order chi connectivity index (χ1) is 16.9. The molecule has 9 heteroatoms. The Morgan fingerprint density at radius 3 is 2.77 bits per heavy atom. The molecule has 176 valence electrons. The molecule has 0 bridgehead atoms. The van der Waals surface area contributed by atoms with E-state index in [0.717, 1.165) is 12.1 Å². The van der Waals surface area contributed by atoms with Crippen molar-refractivity contribution in [3.05, 3.63) is 105 Å². The number of nitriles is 1. The third-order valence-corrected chi connectivity index (χ3v) is 5.37. The van der Waals surface area contributed by atoms with E-state index in [1.807, 2.05) is 0 Å². The minimum absolute atomic E-state index is 0.0154. The first kappa shape index (κ1) is 23.7. The van der Waals surface area contributed by atoms with Crippen LogP contribution >= 0.6 is 0 Å². The minimum atomic E-state index is -0.664. The number of pyridine rings is 2. The minimum Gasteiger partial charge on any atom is -0.488 e. The monoisotopic (exact) mass is 475 g/mol. The molecule has 0 aliphatic rings. The molecule has 0 fully saturated rings. The number of carbonyl (C=O) groups excluding carboxylic acids is 1. The number of halogens is 2. The lowest BCUT2D eigenvalue weighted by molar-refractivity contribution is 0.103. The molecule has 4 aromatic rings. The van der Waals surface area contributed by atoms with Gasteiger partial charge in [-0.3, -0.25) is 14.6 Å². The predicted molar refractivity (Wildman–Crippen MR) is 123 cm³/mol. The van der Waals surface area contributed by atoms with Crippen molar-refractivity contribution in [3.63, 3.8) is 0 Å². The van der Waals surface area contributed by atoms with Crippen molar-refractivity contribution < 1.29 is 23.0 Å². The molecule has 0 N–H and O–H groups in total. The summed E-state index contributed by atoms with van der Waals surface area (Å²) in [6, 6.07) is 12.5. The highest BCUT2D eigenvalue weighted by molar-refractivity contribution is 6.10. The molecule has 0 amide bonds. The van der Waals surface area contributed by atoms with Gasteiger partial charge in [0.15, 0.2) is 5.78 Å². The number of ether oxygens (including phenoxy) is 2. The Hall–Kier alpha value is -4.42. The van der Waals surface area contributed by atoms with Crippen molar-refractivity contribution in [2.45, 2.75) is 13.2 Å². The molecule has 4 rings (SSSR count). The van der Waals surface area contributed by atoms with Gasteiger partial charge in [-0.2, -0.15) is 5.26 Å². The number of rotatable bonds is 8. The Morgan fingerprint density at radius 1 is 1.17 bits per heavy atom. The lowest BCUT2D eigenvalue weighted by atomic mass is 10.0. The quantitative estimate of drug-likeness (QED) is 0.358. The van der Waals surface area contributed by atoms with Gasteiger partial charge in [0.2, 0.25) is 0 Å². The molecule has 0 radical (unpaired) electrons. The maximum Gasteiger partial charge on any atom is 0.268 e. The second-order valence-electron chi connectivity index (χ2n) is 7.61. The number of aromatic nitrogens is 2. The highest BCUT2D eigenvalue weighted by atomic mass is 19.1. The first-order valence-electron chi connectivity index (χ1n) is 10.6. The average molecular weight is 475 g/mol. The van der Waals surface area contributed by atoms with E-state index in [9.17, 15) is 23.6 Å². The Balaban J connectivity index is 1.70. The van der Waals surface area contributed by atoms with Crippen molar-refractivity contribution in [1.82, 2.24) is 9.55 Å². The van der Waals surface area contributed by atoms with Gasteiger partial charge >= 0.3 is 0 Å². The zero-order chi connectivity index (χ0) is 24.9. The molecule has 0 aliphatic carbocycles. The van der Waals surface area contributed by atoms with Crippen molar-refractivity contribution in [3.8, 4) is 11.8 Å². The number of nitrogens with zero attached hydrogens (tertiary/aromatic N) is 3. The van der Waals surface area contributed by atoms with Crippen LogP contribution in [0.5, 0.6) is 5.75 Å². The molecule has 0 spiro atoms. The van der Waals surface area contributed by atoms with E-state index >= 15 is 0 Å². The lowest BCUT2D eigenvalue weighted by Gasteiger charge is -2.14. The number of methoxy groups -OCH3 is 1. The zero-order valence-corrected chi connectivity index (χ0v) is 18.6. The Bertz CT molecular complexity index is 1530. The molecular formula is C26H19F2N3O4. The van der Waals surface area contributed by atoms with Gasteiger partial charge in [0, 0.05) is 42.6 Å². The zero-order valence-electron chi connectivity index (χ0n) is 18.6. The summed E-state index contributed by atoms with van der Waals surface area (Å²) >= 11 is 0. The summed E-state index contributed by atoms with van der Waals surface area (Å²) in [5.74, 6) is -1.64. The van der Waals surface area contributed by atoms with E-state index in [-0.39, 0.29) is 42.2 Å². The topological polar surface area (TPSA) is 94.2 Å². The van der Waals surface area contributed by atoms with E-state index in [4.69, 9.17) is 9.47 Å². The summed E-state index contributed by atoms with van der Waals surface area (Å²) < 4.78 is 40.2. The fraction of sp³-hybridized carbons (Fsp3) is 0.154. The molecule has 2 heterocycles. The van der Waals surface area contributed by atoms with Gasteiger partial charge in [0.25, 0.3) is 5.56 Å². The maximum absolute atomic E-state index is 14.1. The van der Waals surface area contributed by atoms with Crippen LogP contribution in [-0.4, -0.2) is 29.1 Å². The molecule has 2 aromatic heterocycles. The molecule has 0 saturated heterocycles. The summed E-state index contributed by atoms with van der Waals surface area (Å²) in [5, 5.41) is 9.66. The van der Waals surface area contributed by atoms with Crippen LogP contribution in [0.3, 0.4) is 0 Å². The molecule has 0 unspecified atom stereocenters. The van der Waals surface area contributed by atoms with Gasteiger partial charge in [-0.15, -0.1) is 0 Å². The van der Waals surface area contributed by atoms with Crippen LogP contribution in [0.1, 0.15) is 27.0 Å². The maximum atomic E-state index is 14.1. The van der Waals surface area contributed by atoms with Crippen molar-refractivity contribution >= 4 is 16.7 Å². The van der Waals surface area contributed by atoms with Gasteiger partial charge in [-0.05, 0) is 42.5 Å². The highest BCUT2D eigenvalue weighted by Gasteiger charge is 2.19. The van der Waals surface area contributed by atoms with Crippen molar-refractivity contribution in [1.29, 1.82) is 5.26 Å². The van der Waals surface area contributed by atoms with Crippen LogP contribution in [0, 0.1) is 23.0 Å². The van der Waals surface area contributed by atoms with E-state index in [2.05, 4.69) is 4.98 Å². The van der Waals surface area contributed by atoms with Gasteiger partial charge in [0.05, 0.1) is 17.7 Å². The summed E-state index contributed by atoms with van der Waals surface area (Å²) in [6.45, 7) is 0.259. The molecule has 2 aromatic carbocycles. The van der Waals surface area contributed by atoms with Crippen LogP contribution in [0.25, 0.3) is 10.9 Å². The third-order valence-electron chi connectivity index (χ3n) is 5.37. The van der Waals surface area contributed by atoms with Crippen LogP contribution < -0.4 is 10.3 Å². The molecule has 0 saturated carbocycles. The number of hydrogen-bond donors (Lipinski definition) is 0. The number of fused-ring (bicyclic) bond motifs is 1. The fourth-order valence-corrected chi connectivity index (χ4v) is 3.63.